The predicted octanol–water partition coefficient (Wildman–Crippen LogP) is 2.62. The monoisotopic (exact) mass is 426 g/mol. The standard InChI is InChI=1S/C14H24Br2N2O3/c1-14(2,3)13(20)21-18-8-5-10(6-9-18)17-12(19)11(16)4-7-15/h10-11H,4-9H2,1-3H3,(H,17,19). The SMILES string of the molecule is CC(C)(C)C(=O)ON1CCC(NC(=O)C(Br)CCBr)CC1. The van der Waals surface area contributed by atoms with E-state index in [0.29, 0.717) is 13.1 Å². The van der Waals surface area contributed by atoms with Crippen molar-refractivity contribution in [1.82, 2.24) is 10.4 Å². The third-order valence-electron chi connectivity index (χ3n) is 3.27. The molecule has 1 unspecified atom stereocenters. The Morgan fingerprint density at radius 2 is 1.90 bits per heavy atom. The third kappa shape index (κ3) is 6.65. The van der Waals surface area contributed by atoms with Crippen molar-refractivity contribution in [2.24, 2.45) is 5.41 Å². The summed E-state index contributed by atoms with van der Waals surface area (Å²) in [6.45, 7) is 6.81. The summed E-state index contributed by atoms with van der Waals surface area (Å²) in [6.07, 6.45) is 2.34. The van der Waals surface area contributed by atoms with Gasteiger partial charge in [-0.2, -0.15) is 0 Å². The van der Waals surface area contributed by atoms with Gasteiger partial charge < -0.3 is 10.2 Å². The van der Waals surface area contributed by atoms with Gasteiger partial charge in [0.25, 0.3) is 0 Å². The molecule has 1 aliphatic heterocycles. The van der Waals surface area contributed by atoms with Crippen molar-refractivity contribution >= 4 is 43.7 Å². The quantitative estimate of drug-likeness (QED) is 0.685. The van der Waals surface area contributed by atoms with Crippen LogP contribution in [0.25, 0.3) is 0 Å². The van der Waals surface area contributed by atoms with E-state index in [2.05, 4.69) is 37.2 Å². The van der Waals surface area contributed by atoms with Crippen LogP contribution in [0.3, 0.4) is 0 Å². The van der Waals surface area contributed by atoms with Gasteiger partial charge in [0.2, 0.25) is 5.91 Å². The van der Waals surface area contributed by atoms with E-state index in [1.807, 2.05) is 20.8 Å². The van der Waals surface area contributed by atoms with Crippen molar-refractivity contribution in [3.8, 4) is 0 Å². The molecule has 5 nitrogen and oxygen atoms in total. The molecule has 1 rings (SSSR count). The molecule has 122 valence electrons. The van der Waals surface area contributed by atoms with Gasteiger partial charge in [0, 0.05) is 24.5 Å². The zero-order valence-corrected chi connectivity index (χ0v) is 16.0. The molecule has 0 spiro atoms. The fourth-order valence-electron chi connectivity index (χ4n) is 1.86. The Bertz CT molecular complexity index is 364. The Kier molecular flexibility index (Phi) is 7.64. The lowest BCUT2D eigenvalue weighted by Crippen LogP contribution is -2.47. The molecule has 0 radical (unpaired) electrons. The smallest absolute Gasteiger partial charge is 0.330 e. The van der Waals surface area contributed by atoms with Crippen LogP contribution in [-0.2, 0) is 14.4 Å². The number of carbonyl (C=O) groups excluding carboxylic acids is 2. The van der Waals surface area contributed by atoms with Crippen LogP contribution in [0.1, 0.15) is 40.0 Å². The minimum atomic E-state index is -0.496. The number of hydrogen-bond acceptors (Lipinski definition) is 4. The maximum Gasteiger partial charge on any atom is 0.330 e. The molecule has 1 amide bonds. The first-order chi connectivity index (χ1) is 9.74. The lowest BCUT2D eigenvalue weighted by atomic mass is 9.98. The maximum atomic E-state index is 11.9. The van der Waals surface area contributed by atoms with E-state index in [-0.39, 0.29) is 22.7 Å². The normalized spacial score (nSPS) is 19.1. The molecule has 0 aromatic rings. The van der Waals surface area contributed by atoms with Crippen molar-refractivity contribution in [3.63, 3.8) is 0 Å². The van der Waals surface area contributed by atoms with E-state index >= 15 is 0 Å². The van der Waals surface area contributed by atoms with Gasteiger partial charge >= 0.3 is 5.97 Å². The van der Waals surface area contributed by atoms with E-state index in [4.69, 9.17) is 4.84 Å². The number of piperidine rings is 1. The molecule has 1 N–H and O–H groups in total. The van der Waals surface area contributed by atoms with Crippen LogP contribution in [0.15, 0.2) is 0 Å². The number of rotatable bonds is 5. The Labute approximate surface area is 143 Å². The van der Waals surface area contributed by atoms with Crippen LogP contribution in [-0.4, -0.2) is 46.2 Å². The summed E-state index contributed by atoms with van der Waals surface area (Å²) in [5.41, 5.74) is -0.496. The van der Waals surface area contributed by atoms with Crippen LogP contribution >= 0.6 is 31.9 Å². The lowest BCUT2D eigenvalue weighted by molar-refractivity contribution is -0.205. The van der Waals surface area contributed by atoms with E-state index in [1.54, 1.807) is 5.06 Å². The minimum Gasteiger partial charge on any atom is -0.367 e. The first-order valence-corrected chi connectivity index (χ1v) is 9.25. The fraction of sp³-hybridized carbons (Fsp3) is 0.857. The molecule has 0 aliphatic carbocycles. The first-order valence-electron chi connectivity index (χ1n) is 7.21. The molecule has 7 heteroatoms. The third-order valence-corrected chi connectivity index (χ3v) is 4.60. The summed E-state index contributed by atoms with van der Waals surface area (Å²) in [6, 6.07) is 0.150. The topological polar surface area (TPSA) is 58.6 Å². The van der Waals surface area contributed by atoms with Gasteiger partial charge in [-0.25, -0.2) is 4.79 Å². The molecule has 1 fully saturated rings. The number of carbonyl (C=O) groups is 2. The summed E-state index contributed by atoms with van der Waals surface area (Å²) in [5.74, 6) is -0.192. The molecule has 1 heterocycles. The van der Waals surface area contributed by atoms with Crippen LogP contribution in [0.5, 0.6) is 0 Å². The van der Waals surface area contributed by atoms with Crippen molar-refractivity contribution < 1.29 is 14.4 Å². The van der Waals surface area contributed by atoms with Crippen molar-refractivity contribution in [1.29, 1.82) is 0 Å². The van der Waals surface area contributed by atoms with Crippen LogP contribution < -0.4 is 5.32 Å². The highest BCUT2D eigenvalue weighted by molar-refractivity contribution is 9.10. The number of alkyl halides is 2. The Balaban J connectivity index is 2.32. The van der Waals surface area contributed by atoms with Gasteiger partial charge in [-0.05, 0) is 40.0 Å². The molecule has 0 aromatic carbocycles. The fourth-order valence-corrected chi connectivity index (χ4v) is 3.30. The van der Waals surface area contributed by atoms with Crippen LogP contribution in [0.2, 0.25) is 0 Å². The van der Waals surface area contributed by atoms with Gasteiger partial charge in [0.05, 0.1) is 10.2 Å². The average molecular weight is 428 g/mol. The van der Waals surface area contributed by atoms with Gasteiger partial charge in [-0.1, -0.05) is 31.9 Å². The second-order valence-corrected chi connectivity index (χ2v) is 8.18. The highest BCUT2D eigenvalue weighted by Crippen LogP contribution is 2.19. The van der Waals surface area contributed by atoms with Crippen molar-refractivity contribution in [2.45, 2.75) is 50.9 Å². The number of nitrogens with one attached hydrogen (secondary N) is 1. The Morgan fingerprint density at radius 3 is 2.38 bits per heavy atom. The predicted molar refractivity (Wildman–Crippen MR) is 89.4 cm³/mol. The largest absolute Gasteiger partial charge is 0.367 e. The number of amides is 1. The zero-order valence-electron chi connectivity index (χ0n) is 12.8. The molecule has 0 saturated carbocycles. The number of hydrogen-bond donors (Lipinski definition) is 1. The summed E-state index contributed by atoms with van der Waals surface area (Å²) in [7, 11) is 0. The first kappa shape index (κ1) is 18.9. The van der Waals surface area contributed by atoms with Crippen molar-refractivity contribution in [2.75, 3.05) is 18.4 Å². The van der Waals surface area contributed by atoms with E-state index in [1.165, 1.54) is 0 Å². The molecular weight excluding hydrogens is 404 g/mol. The van der Waals surface area contributed by atoms with Gasteiger partial charge in [-0.15, -0.1) is 5.06 Å². The minimum absolute atomic E-state index is 0.0274. The molecule has 21 heavy (non-hydrogen) atoms. The molecule has 0 aromatic heterocycles. The van der Waals surface area contributed by atoms with Gasteiger partial charge in [0.15, 0.2) is 0 Å². The Morgan fingerprint density at radius 1 is 1.33 bits per heavy atom. The molecule has 0 bridgehead atoms. The van der Waals surface area contributed by atoms with Gasteiger partial charge in [0.1, 0.15) is 0 Å². The van der Waals surface area contributed by atoms with Crippen LogP contribution in [0.4, 0.5) is 0 Å². The number of nitrogens with zero attached hydrogens (tertiary/aromatic N) is 1. The Hall–Kier alpha value is -0.140. The lowest BCUT2D eigenvalue weighted by Gasteiger charge is -2.32. The van der Waals surface area contributed by atoms with Gasteiger partial charge in [-0.3, -0.25) is 4.79 Å². The highest BCUT2D eigenvalue weighted by atomic mass is 79.9. The second-order valence-electron chi connectivity index (χ2n) is 6.29. The summed E-state index contributed by atoms with van der Waals surface area (Å²) < 4.78 is 0. The molecule has 1 atom stereocenters. The molecule has 1 aliphatic rings. The van der Waals surface area contributed by atoms with E-state index < -0.39 is 5.41 Å². The molecule has 1 saturated heterocycles. The van der Waals surface area contributed by atoms with E-state index in [9.17, 15) is 9.59 Å². The average Bonchev–Trinajstić information content (AvgIpc) is 2.40. The molecular formula is C14H24Br2N2O3. The zero-order chi connectivity index (χ0) is 16.0. The van der Waals surface area contributed by atoms with Crippen molar-refractivity contribution in [3.05, 3.63) is 0 Å². The number of halogens is 2. The summed E-state index contributed by atoms with van der Waals surface area (Å²) in [5, 5.41) is 5.52. The van der Waals surface area contributed by atoms with E-state index in [0.717, 1.165) is 24.6 Å². The maximum absolute atomic E-state index is 11.9. The number of hydroxylamine groups is 2. The highest BCUT2D eigenvalue weighted by Gasteiger charge is 2.29. The second kappa shape index (κ2) is 8.48. The summed E-state index contributed by atoms with van der Waals surface area (Å²) >= 11 is 6.70. The van der Waals surface area contributed by atoms with Crippen LogP contribution in [0, 0.1) is 5.41 Å². The summed E-state index contributed by atoms with van der Waals surface area (Å²) in [4.78, 5) is 28.9.